The minimum Gasteiger partial charge on any atom is -0.384 e. The summed E-state index contributed by atoms with van der Waals surface area (Å²) in [6.45, 7) is 2.53. The van der Waals surface area contributed by atoms with Gasteiger partial charge in [-0.05, 0) is 24.7 Å². The molecular weight excluding hydrogens is 251 g/mol. The topological polar surface area (TPSA) is 15.3 Å². The molecule has 1 atom stereocenters. The molecular formula is C17H19FN2. The summed E-state index contributed by atoms with van der Waals surface area (Å²) in [6.07, 6.45) is 0. The van der Waals surface area contributed by atoms with Gasteiger partial charge in [0, 0.05) is 36.8 Å². The molecule has 0 saturated carbocycles. The molecule has 0 bridgehead atoms. The van der Waals surface area contributed by atoms with Crippen molar-refractivity contribution in [3.8, 4) is 0 Å². The summed E-state index contributed by atoms with van der Waals surface area (Å²) in [6, 6.07) is 15.4. The van der Waals surface area contributed by atoms with Gasteiger partial charge in [0.05, 0.1) is 0 Å². The average Bonchev–Trinajstić information content (AvgIpc) is 2.85. The molecule has 2 nitrogen and oxygen atoms in total. The largest absolute Gasteiger partial charge is 0.384 e. The smallest absolute Gasteiger partial charge is 0.127 e. The van der Waals surface area contributed by atoms with Crippen LogP contribution in [-0.2, 0) is 6.54 Å². The van der Waals surface area contributed by atoms with Gasteiger partial charge in [0.15, 0.2) is 0 Å². The molecule has 3 heteroatoms. The van der Waals surface area contributed by atoms with Crippen LogP contribution in [0.4, 0.5) is 10.1 Å². The Labute approximate surface area is 119 Å². The number of nitrogens with zero attached hydrogens (tertiary/aromatic N) is 1. The van der Waals surface area contributed by atoms with Gasteiger partial charge in [0.2, 0.25) is 0 Å². The van der Waals surface area contributed by atoms with E-state index < -0.39 is 0 Å². The van der Waals surface area contributed by atoms with Crippen molar-refractivity contribution in [2.24, 2.45) is 0 Å². The number of fused-ring (bicyclic) bond motifs is 1. The second-order valence-electron chi connectivity index (χ2n) is 5.45. The van der Waals surface area contributed by atoms with E-state index in [-0.39, 0.29) is 5.82 Å². The Bertz CT molecular complexity index is 597. The molecule has 1 unspecified atom stereocenters. The zero-order chi connectivity index (χ0) is 13.9. The Morgan fingerprint density at radius 1 is 1.15 bits per heavy atom. The third-order valence-electron chi connectivity index (χ3n) is 3.87. The number of anilines is 1. The van der Waals surface area contributed by atoms with Gasteiger partial charge in [-0.2, -0.15) is 0 Å². The molecule has 3 rings (SSSR count). The molecule has 2 aromatic carbocycles. The van der Waals surface area contributed by atoms with Crippen molar-refractivity contribution in [1.82, 2.24) is 4.90 Å². The standard InChI is InChI=1S/C17H19FN2/c1-20(11-13-6-2-4-8-16(13)18)12-14-10-19-17-9-5-3-7-15(14)17/h2-9,14,19H,10-12H2,1H3. The van der Waals surface area contributed by atoms with Gasteiger partial charge in [-0.25, -0.2) is 4.39 Å². The molecule has 1 aliphatic rings. The highest BCUT2D eigenvalue weighted by molar-refractivity contribution is 5.57. The molecule has 1 heterocycles. The van der Waals surface area contributed by atoms with Crippen LogP contribution >= 0.6 is 0 Å². The molecule has 0 amide bonds. The van der Waals surface area contributed by atoms with Crippen LogP contribution in [0.3, 0.4) is 0 Å². The Hall–Kier alpha value is -1.87. The summed E-state index contributed by atoms with van der Waals surface area (Å²) >= 11 is 0. The number of benzene rings is 2. The quantitative estimate of drug-likeness (QED) is 0.915. The van der Waals surface area contributed by atoms with E-state index in [4.69, 9.17) is 0 Å². The molecule has 1 N–H and O–H groups in total. The molecule has 0 saturated heterocycles. The van der Waals surface area contributed by atoms with Crippen molar-refractivity contribution in [2.75, 3.05) is 25.5 Å². The highest BCUT2D eigenvalue weighted by atomic mass is 19.1. The Kier molecular flexibility index (Phi) is 3.70. The second kappa shape index (κ2) is 5.63. The summed E-state index contributed by atoms with van der Waals surface area (Å²) in [4.78, 5) is 2.19. The first kappa shape index (κ1) is 13.1. The van der Waals surface area contributed by atoms with Crippen LogP contribution in [0.2, 0.25) is 0 Å². The third-order valence-corrected chi connectivity index (χ3v) is 3.87. The first-order valence-electron chi connectivity index (χ1n) is 6.99. The van der Waals surface area contributed by atoms with Crippen LogP contribution < -0.4 is 5.32 Å². The molecule has 0 fully saturated rings. The minimum absolute atomic E-state index is 0.121. The maximum absolute atomic E-state index is 13.7. The zero-order valence-electron chi connectivity index (χ0n) is 11.6. The predicted octanol–water partition coefficient (Wildman–Crippen LogP) is 3.47. The van der Waals surface area contributed by atoms with Crippen molar-refractivity contribution in [3.05, 3.63) is 65.5 Å². The normalized spacial score (nSPS) is 17.1. The van der Waals surface area contributed by atoms with Crippen molar-refractivity contribution in [2.45, 2.75) is 12.5 Å². The molecule has 0 radical (unpaired) electrons. The maximum atomic E-state index is 13.7. The Balaban J connectivity index is 1.66. The monoisotopic (exact) mass is 270 g/mol. The summed E-state index contributed by atoms with van der Waals surface area (Å²) in [5.74, 6) is 0.354. The maximum Gasteiger partial charge on any atom is 0.127 e. The van der Waals surface area contributed by atoms with Gasteiger partial charge in [0.1, 0.15) is 5.82 Å². The number of hydrogen-bond acceptors (Lipinski definition) is 2. The fourth-order valence-electron chi connectivity index (χ4n) is 2.88. The number of halogens is 1. The number of likely N-dealkylation sites (N-methyl/N-ethyl adjacent to an activating group) is 1. The lowest BCUT2D eigenvalue weighted by molar-refractivity contribution is 0.305. The minimum atomic E-state index is -0.121. The van der Waals surface area contributed by atoms with E-state index in [0.29, 0.717) is 12.5 Å². The molecule has 0 spiro atoms. The summed E-state index contributed by atoms with van der Waals surface area (Å²) < 4.78 is 13.7. The summed E-state index contributed by atoms with van der Waals surface area (Å²) in [7, 11) is 2.05. The lowest BCUT2D eigenvalue weighted by Gasteiger charge is -2.21. The molecule has 104 valence electrons. The number of hydrogen-bond donors (Lipinski definition) is 1. The van der Waals surface area contributed by atoms with Crippen molar-refractivity contribution in [3.63, 3.8) is 0 Å². The van der Waals surface area contributed by atoms with E-state index in [1.54, 1.807) is 6.07 Å². The van der Waals surface area contributed by atoms with Crippen LogP contribution in [0.25, 0.3) is 0 Å². The molecule has 2 aromatic rings. The van der Waals surface area contributed by atoms with Gasteiger partial charge in [-0.15, -0.1) is 0 Å². The summed E-state index contributed by atoms with van der Waals surface area (Å²) in [5, 5.41) is 3.43. The van der Waals surface area contributed by atoms with E-state index in [2.05, 4.69) is 34.5 Å². The van der Waals surface area contributed by atoms with Gasteiger partial charge in [-0.3, -0.25) is 0 Å². The van der Waals surface area contributed by atoms with Crippen LogP contribution in [0.5, 0.6) is 0 Å². The SMILES string of the molecule is CN(Cc1ccccc1F)CC1CNc2ccccc21. The van der Waals surface area contributed by atoms with Gasteiger partial charge in [-0.1, -0.05) is 36.4 Å². The van der Waals surface area contributed by atoms with Gasteiger partial charge in [0.25, 0.3) is 0 Å². The molecule has 0 aliphatic carbocycles. The first-order chi connectivity index (χ1) is 9.74. The highest BCUT2D eigenvalue weighted by Gasteiger charge is 2.22. The molecule has 20 heavy (non-hydrogen) atoms. The van der Waals surface area contributed by atoms with E-state index in [1.807, 2.05) is 19.2 Å². The van der Waals surface area contributed by atoms with Crippen LogP contribution in [-0.4, -0.2) is 25.0 Å². The predicted molar refractivity (Wildman–Crippen MR) is 80.4 cm³/mol. The van der Waals surface area contributed by atoms with E-state index >= 15 is 0 Å². The number of nitrogens with one attached hydrogen (secondary N) is 1. The van der Waals surface area contributed by atoms with Crippen LogP contribution in [0.1, 0.15) is 17.0 Å². The van der Waals surface area contributed by atoms with Crippen molar-refractivity contribution >= 4 is 5.69 Å². The van der Waals surface area contributed by atoms with E-state index in [0.717, 1.165) is 18.7 Å². The fraction of sp³-hybridized carbons (Fsp3) is 0.294. The Morgan fingerprint density at radius 2 is 1.90 bits per heavy atom. The van der Waals surface area contributed by atoms with Crippen LogP contribution in [0, 0.1) is 5.82 Å². The lowest BCUT2D eigenvalue weighted by atomic mass is 10.0. The highest BCUT2D eigenvalue weighted by Crippen LogP contribution is 2.31. The van der Waals surface area contributed by atoms with E-state index in [1.165, 1.54) is 17.3 Å². The van der Waals surface area contributed by atoms with Gasteiger partial charge >= 0.3 is 0 Å². The molecule has 1 aliphatic heterocycles. The summed E-state index contributed by atoms with van der Waals surface area (Å²) in [5.41, 5.74) is 3.36. The van der Waals surface area contributed by atoms with Gasteiger partial charge < -0.3 is 10.2 Å². The first-order valence-corrected chi connectivity index (χ1v) is 6.99. The average molecular weight is 270 g/mol. The third kappa shape index (κ3) is 2.68. The number of rotatable bonds is 4. The van der Waals surface area contributed by atoms with Crippen LogP contribution in [0.15, 0.2) is 48.5 Å². The fourth-order valence-corrected chi connectivity index (χ4v) is 2.88. The van der Waals surface area contributed by atoms with Crippen molar-refractivity contribution < 1.29 is 4.39 Å². The number of para-hydroxylation sites is 1. The lowest BCUT2D eigenvalue weighted by Crippen LogP contribution is -2.25. The zero-order valence-corrected chi connectivity index (χ0v) is 11.6. The second-order valence-corrected chi connectivity index (χ2v) is 5.45. The van der Waals surface area contributed by atoms with E-state index in [9.17, 15) is 4.39 Å². The Morgan fingerprint density at radius 3 is 2.75 bits per heavy atom. The molecule has 0 aromatic heterocycles. The van der Waals surface area contributed by atoms with Crippen molar-refractivity contribution in [1.29, 1.82) is 0 Å².